The summed E-state index contributed by atoms with van der Waals surface area (Å²) in [7, 11) is 0. The van der Waals surface area contributed by atoms with Gasteiger partial charge in [0.1, 0.15) is 0 Å². The summed E-state index contributed by atoms with van der Waals surface area (Å²) in [5, 5.41) is 0. The Balaban J connectivity index is 0.00000289. The van der Waals surface area contributed by atoms with Gasteiger partial charge in [-0.2, -0.15) is 13.2 Å². The molecule has 1 rings (SSSR count). The minimum absolute atomic E-state index is 0. The average Bonchev–Trinajstić information content (AvgIpc) is 2.14. The number of alkyl halides is 3. The topological polar surface area (TPSA) is 26.0 Å². The lowest BCUT2D eigenvalue weighted by molar-refractivity contribution is -0.0328. The average molecular weight is 300 g/mol. The first-order chi connectivity index (χ1) is 7.59. The summed E-state index contributed by atoms with van der Waals surface area (Å²) in [5.41, 5.74) is 2.52. The lowest BCUT2D eigenvalue weighted by Crippen LogP contribution is -2.26. The number of hydrogen-bond donors (Lipinski definition) is 1. The summed E-state index contributed by atoms with van der Waals surface area (Å²) >= 11 is -0.112. The van der Waals surface area contributed by atoms with E-state index in [4.69, 9.17) is 5.73 Å². The van der Waals surface area contributed by atoms with Crippen LogP contribution in [0, 0.1) is 5.41 Å². The number of nitrogens with two attached hydrogens (primary N) is 1. The second-order valence-corrected chi connectivity index (χ2v) is 6.10. The van der Waals surface area contributed by atoms with Crippen LogP contribution in [0.4, 0.5) is 13.2 Å². The van der Waals surface area contributed by atoms with Crippen LogP contribution in [0.1, 0.15) is 32.4 Å². The fourth-order valence-electron chi connectivity index (χ4n) is 1.38. The number of rotatable bonds is 2. The SMILES string of the molecule is CC(C)(C)[C@@H](N)c1ccc(SC(F)(F)F)cc1.Cl. The molecule has 0 fully saturated rings. The van der Waals surface area contributed by atoms with Crippen LogP contribution in [0.5, 0.6) is 0 Å². The van der Waals surface area contributed by atoms with Gasteiger partial charge in [0.15, 0.2) is 0 Å². The molecule has 0 radical (unpaired) electrons. The van der Waals surface area contributed by atoms with E-state index >= 15 is 0 Å². The molecule has 0 heterocycles. The molecule has 1 nitrogen and oxygen atoms in total. The molecule has 1 aromatic carbocycles. The van der Waals surface area contributed by atoms with Crippen molar-refractivity contribution in [2.24, 2.45) is 11.1 Å². The van der Waals surface area contributed by atoms with Crippen molar-refractivity contribution in [1.29, 1.82) is 0 Å². The molecule has 0 spiro atoms. The van der Waals surface area contributed by atoms with Crippen LogP contribution >= 0.6 is 24.2 Å². The lowest BCUT2D eigenvalue weighted by Gasteiger charge is -2.27. The van der Waals surface area contributed by atoms with Crippen molar-refractivity contribution in [1.82, 2.24) is 0 Å². The quantitative estimate of drug-likeness (QED) is 0.796. The molecule has 6 heteroatoms. The largest absolute Gasteiger partial charge is 0.446 e. The number of thioether (sulfide) groups is 1. The van der Waals surface area contributed by atoms with Crippen LogP contribution in [-0.2, 0) is 0 Å². The van der Waals surface area contributed by atoms with Gasteiger partial charge in [-0.05, 0) is 34.9 Å². The smallest absolute Gasteiger partial charge is 0.324 e. The van der Waals surface area contributed by atoms with Gasteiger partial charge in [0.25, 0.3) is 0 Å². The molecule has 0 aliphatic carbocycles. The molecule has 1 aromatic rings. The predicted octanol–water partition coefficient (Wildman–Crippen LogP) is 4.77. The summed E-state index contributed by atoms with van der Waals surface area (Å²) < 4.78 is 36.4. The Hall–Kier alpha value is -0.390. The Morgan fingerprint density at radius 2 is 1.50 bits per heavy atom. The van der Waals surface area contributed by atoms with Gasteiger partial charge < -0.3 is 5.73 Å². The van der Waals surface area contributed by atoms with Crippen molar-refractivity contribution < 1.29 is 13.2 Å². The molecule has 0 unspecified atom stereocenters. The molecule has 2 N–H and O–H groups in total. The third-order valence-electron chi connectivity index (χ3n) is 2.41. The maximum atomic E-state index is 12.1. The van der Waals surface area contributed by atoms with Crippen LogP contribution in [0.15, 0.2) is 29.2 Å². The summed E-state index contributed by atoms with van der Waals surface area (Å²) in [5.74, 6) is 0. The second-order valence-electron chi connectivity index (χ2n) is 4.96. The first-order valence-corrected chi connectivity index (χ1v) is 6.02. The fraction of sp³-hybridized carbons (Fsp3) is 0.500. The molecule has 1 atom stereocenters. The maximum Gasteiger partial charge on any atom is 0.446 e. The summed E-state index contributed by atoms with van der Waals surface area (Å²) in [6.07, 6.45) is 0. The standard InChI is InChI=1S/C12H16F3NS.ClH/c1-11(2,3)10(16)8-4-6-9(7-5-8)17-12(13,14)15;/h4-7,10H,16H2,1-3H3;1H/t10-;/m0./s1. The first-order valence-electron chi connectivity index (χ1n) is 5.21. The predicted molar refractivity (Wildman–Crippen MR) is 72.0 cm³/mol. The molecule has 0 aliphatic rings. The molecular formula is C12H17ClF3NS. The van der Waals surface area contributed by atoms with Crippen LogP contribution in [0.3, 0.4) is 0 Å². The Morgan fingerprint density at radius 1 is 1.06 bits per heavy atom. The van der Waals surface area contributed by atoms with Crippen molar-refractivity contribution in [2.75, 3.05) is 0 Å². The number of benzene rings is 1. The van der Waals surface area contributed by atoms with E-state index in [0.717, 1.165) is 5.56 Å². The summed E-state index contributed by atoms with van der Waals surface area (Å²) in [4.78, 5) is 0.183. The molecule has 0 saturated carbocycles. The van der Waals surface area contributed by atoms with Crippen LogP contribution < -0.4 is 5.73 Å². The zero-order valence-corrected chi connectivity index (χ0v) is 12.0. The van der Waals surface area contributed by atoms with E-state index in [1.807, 2.05) is 20.8 Å². The minimum Gasteiger partial charge on any atom is -0.324 e. The number of halogens is 4. The third kappa shape index (κ3) is 5.50. The van der Waals surface area contributed by atoms with Gasteiger partial charge in [0, 0.05) is 10.9 Å². The zero-order chi connectivity index (χ0) is 13.3. The molecule has 0 aliphatic heterocycles. The van der Waals surface area contributed by atoms with E-state index < -0.39 is 5.51 Å². The lowest BCUT2D eigenvalue weighted by atomic mass is 9.83. The zero-order valence-electron chi connectivity index (χ0n) is 10.4. The summed E-state index contributed by atoms with van der Waals surface area (Å²) in [6, 6.07) is 6.04. The highest BCUT2D eigenvalue weighted by atomic mass is 35.5. The Bertz CT molecular complexity index is 370. The van der Waals surface area contributed by atoms with Crippen molar-refractivity contribution in [3.8, 4) is 0 Å². The first kappa shape index (κ1) is 17.6. The van der Waals surface area contributed by atoms with Gasteiger partial charge in [-0.25, -0.2) is 0 Å². The van der Waals surface area contributed by atoms with E-state index in [-0.39, 0.29) is 40.5 Å². The Labute approximate surface area is 116 Å². The van der Waals surface area contributed by atoms with Gasteiger partial charge in [-0.15, -0.1) is 12.4 Å². The molecular weight excluding hydrogens is 283 g/mol. The van der Waals surface area contributed by atoms with Gasteiger partial charge in [0.2, 0.25) is 0 Å². The van der Waals surface area contributed by atoms with E-state index in [2.05, 4.69) is 0 Å². The fourth-order valence-corrected chi connectivity index (χ4v) is 1.92. The molecule has 0 amide bonds. The summed E-state index contributed by atoms with van der Waals surface area (Å²) in [6.45, 7) is 5.99. The highest BCUT2D eigenvalue weighted by Crippen LogP contribution is 2.38. The number of hydrogen-bond acceptors (Lipinski definition) is 2. The van der Waals surface area contributed by atoms with Crippen molar-refractivity contribution in [3.63, 3.8) is 0 Å². The van der Waals surface area contributed by atoms with Crippen molar-refractivity contribution >= 4 is 24.2 Å². The minimum atomic E-state index is -4.24. The van der Waals surface area contributed by atoms with E-state index in [0.29, 0.717) is 0 Å². The maximum absolute atomic E-state index is 12.1. The van der Waals surface area contributed by atoms with Crippen LogP contribution in [-0.4, -0.2) is 5.51 Å². The van der Waals surface area contributed by atoms with Gasteiger partial charge >= 0.3 is 5.51 Å². The molecule has 0 aromatic heterocycles. The normalized spacial score (nSPS) is 13.9. The Kier molecular flexibility index (Phi) is 6.04. The Morgan fingerprint density at radius 3 is 1.83 bits per heavy atom. The monoisotopic (exact) mass is 299 g/mol. The van der Waals surface area contributed by atoms with Crippen molar-refractivity contribution in [2.45, 2.75) is 37.2 Å². The van der Waals surface area contributed by atoms with Crippen molar-refractivity contribution in [3.05, 3.63) is 29.8 Å². The van der Waals surface area contributed by atoms with Crippen LogP contribution in [0.2, 0.25) is 0 Å². The highest BCUT2D eigenvalue weighted by Gasteiger charge is 2.29. The molecule has 0 saturated heterocycles. The van der Waals surface area contributed by atoms with Gasteiger partial charge in [0.05, 0.1) is 0 Å². The van der Waals surface area contributed by atoms with Gasteiger partial charge in [-0.1, -0.05) is 32.9 Å². The molecule has 18 heavy (non-hydrogen) atoms. The second kappa shape index (κ2) is 6.17. The van der Waals surface area contributed by atoms with Crippen LogP contribution in [0.25, 0.3) is 0 Å². The van der Waals surface area contributed by atoms with E-state index in [1.165, 1.54) is 12.1 Å². The van der Waals surface area contributed by atoms with E-state index in [9.17, 15) is 13.2 Å². The molecule has 0 bridgehead atoms. The third-order valence-corrected chi connectivity index (χ3v) is 3.15. The van der Waals surface area contributed by atoms with E-state index in [1.54, 1.807) is 12.1 Å². The van der Waals surface area contributed by atoms with Gasteiger partial charge in [-0.3, -0.25) is 0 Å². The highest BCUT2D eigenvalue weighted by molar-refractivity contribution is 8.00. The molecule has 104 valence electrons.